The van der Waals surface area contributed by atoms with Gasteiger partial charge in [0.15, 0.2) is 0 Å². The summed E-state index contributed by atoms with van der Waals surface area (Å²) in [6.07, 6.45) is 1.78. The maximum atomic E-state index is 11.5. The highest BCUT2D eigenvalue weighted by atomic mass is 32.2. The molecule has 1 heterocycles. The van der Waals surface area contributed by atoms with Gasteiger partial charge >= 0.3 is 0 Å². The first-order chi connectivity index (χ1) is 8.33. The minimum absolute atomic E-state index is 0.114. The Labute approximate surface area is 109 Å². The number of carbonyl (C=O) groups is 1. The van der Waals surface area contributed by atoms with Crippen LogP contribution < -0.4 is 5.32 Å². The molecule has 0 aliphatic carbocycles. The predicted octanol–water partition coefficient (Wildman–Crippen LogP) is -0.522. The Hall–Kier alpha value is -0.660. The van der Waals surface area contributed by atoms with E-state index in [9.17, 15) is 13.2 Å². The summed E-state index contributed by atoms with van der Waals surface area (Å²) in [5.41, 5.74) is 0. The zero-order chi connectivity index (χ0) is 13.8. The van der Waals surface area contributed by atoms with Crippen molar-refractivity contribution < 1.29 is 13.2 Å². The van der Waals surface area contributed by atoms with E-state index >= 15 is 0 Å². The summed E-state index contributed by atoms with van der Waals surface area (Å²) < 4.78 is 24.3. The lowest BCUT2D eigenvalue weighted by atomic mass is 10.1. The van der Waals surface area contributed by atoms with Crippen LogP contribution in [0.4, 0.5) is 0 Å². The van der Waals surface area contributed by atoms with Crippen molar-refractivity contribution in [2.24, 2.45) is 0 Å². The molecule has 1 rings (SSSR count). The first-order valence-electron chi connectivity index (χ1n) is 6.22. The molecule has 0 unspecified atom stereocenters. The molecule has 0 aromatic heterocycles. The fourth-order valence-corrected chi connectivity index (χ4v) is 2.71. The van der Waals surface area contributed by atoms with Crippen molar-refractivity contribution in [3.63, 3.8) is 0 Å². The first-order valence-corrected chi connectivity index (χ1v) is 7.83. The van der Waals surface area contributed by atoms with Crippen LogP contribution in [0, 0.1) is 0 Å². The number of hydrogen-bond donors (Lipinski definition) is 1. The van der Waals surface area contributed by atoms with Crippen LogP contribution in [0.1, 0.15) is 19.8 Å². The van der Waals surface area contributed by atoms with Gasteiger partial charge in [-0.05, 0) is 12.8 Å². The number of likely N-dealkylation sites (tertiary alicyclic amines) is 1. The van der Waals surface area contributed by atoms with Crippen LogP contribution in [0.2, 0.25) is 0 Å². The fourth-order valence-electron chi connectivity index (χ4n) is 1.97. The Balaban J connectivity index is 2.25. The molecule has 6 nitrogen and oxygen atoms in total. The summed E-state index contributed by atoms with van der Waals surface area (Å²) in [4.78, 5) is 13.0. The van der Waals surface area contributed by atoms with E-state index < -0.39 is 10.0 Å². The fraction of sp³-hybridized carbons (Fsp3) is 0.909. The van der Waals surface area contributed by atoms with Gasteiger partial charge in [0.2, 0.25) is 15.9 Å². The number of rotatable bonds is 5. The van der Waals surface area contributed by atoms with Crippen LogP contribution in [-0.4, -0.2) is 69.1 Å². The van der Waals surface area contributed by atoms with Gasteiger partial charge in [0.05, 0.1) is 5.75 Å². The van der Waals surface area contributed by atoms with Crippen molar-refractivity contribution in [2.45, 2.75) is 25.8 Å². The number of sulfonamides is 1. The van der Waals surface area contributed by atoms with Gasteiger partial charge in [0, 0.05) is 46.7 Å². The molecule has 0 aromatic rings. The summed E-state index contributed by atoms with van der Waals surface area (Å²) >= 11 is 0. The molecule has 106 valence electrons. The van der Waals surface area contributed by atoms with Crippen LogP contribution >= 0.6 is 0 Å². The Bertz CT molecular complexity index is 373. The standard InChI is InChI=1S/C11H23N3O3S/c1-10(15)14-7-4-11(5-8-14)12-6-9-18(16,17)13(2)3/h11-12H,4-9H2,1-3H3. The molecular formula is C11H23N3O3S. The van der Waals surface area contributed by atoms with Crippen LogP contribution in [0.15, 0.2) is 0 Å². The Morgan fingerprint density at radius 2 is 1.89 bits per heavy atom. The summed E-state index contributed by atoms with van der Waals surface area (Å²) in [6.45, 7) is 3.56. The third kappa shape index (κ3) is 4.55. The average Bonchev–Trinajstić information content (AvgIpc) is 2.29. The van der Waals surface area contributed by atoms with E-state index in [-0.39, 0.29) is 11.7 Å². The minimum Gasteiger partial charge on any atom is -0.343 e. The Morgan fingerprint density at radius 3 is 2.33 bits per heavy atom. The van der Waals surface area contributed by atoms with Gasteiger partial charge in [0.1, 0.15) is 0 Å². The molecule has 1 saturated heterocycles. The van der Waals surface area contributed by atoms with Crippen LogP contribution in [0.5, 0.6) is 0 Å². The SMILES string of the molecule is CC(=O)N1CCC(NCCS(=O)(=O)N(C)C)CC1. The molecule has 1 aliphatic rings. The van der Waals surface area contributed by atoms with Gasteiger partial charge in [0.25, 0.3) is 0 Å². The lowest BCUT2D eigenvalue weighted by Crippen LogP contribution is -2.45. The second kappa shape index (κ2) is 6.49. The van der Waals surface area contributed by atoms with Crippen molar-refractivity contribution in [1.82, 2.24) is 14.5 Å². The second-order valence-corrected chi connectivity index (χ2v) is 7.14. The maximum Gasteiger partial charge on any atom is 0.219 e. The summed E-state index contributed by atoms with van der Waals surface area (Å²) in [7, 11) is -0.0322. The third-order valence-corrected chi connectivity index (χ3v) is 5.12. The molecule has 0 aromatic carbocycles. The van der Waals surface area contributed by atoms with E-state index in [0.29, 0.717) is 12.6 Å². The monoisotopic (exact) mass is 277 g/mol. The molecular weight excluding hydrogens is 254 g/mol. The Morgan fingerprint density at radius 1 is 1.33 bits per heavy atom. The van der Waals surface area contributed by atoms with Crippen molar-refractivity contribution in [2.75, 3.05) is 39.5 Å². The summed E-state index contributed by atoms with van der Waals surface area (Å²) in [5.74, 6) is 0.232. The van der Waals surface area contributed by atoms with Gasteiger partial charge in [-0.15, -0.1) is 0 Å². The van der Waals surface area contributed by atoms with E-state index in [0.717, 1.165) is 25.9 Å². The smallest absolute Gasteiger partial charge is 0.219 e. The van der Waals surface area contributed by atoms with E-state index in [4.69, 9.17) is 0 Å². The van der Waals surface area contributed by atoms with Crippen molar-refractivity contribution in [3.8, 4) is 0 Å². The van der Waals surface area contributed by atoms with E-state index in [1.54, 1.807) is 21.0 Å². The maximum absolute atomic E-state index is 11.5. The van der Waals surface area contributed by atoms with Gasteiger partial charge in [-0.3, -0.25) is 4.79 Å². The lowest BCUT2D eigenvalue weighted by molar-refractivity contribution is -0.129. The number of hydrogen-bond acceptors (Lipinski definition) is 4. The molecule has 18 heavy (non-hydrogen) atoms. The first kappa shape index (κ1) is 15.4. The molecule has 0 radical (unpaired) electrons. The largest absolute Gasteiger partial charge is 0.343 e. The van der Waals surface area contributed by atoms with Crippen LogP contribution in [0.25, 0.3) is 0 Å². The lowest BCUT2D eigenvalue weighted by Gasteiger charge is -2.31. The van der Waals surface area contributed by atoms with Crippen molar-refractivity contribution >= 4 is 15.9 Å². The molecule has 0 atom stereocenters. The molecule has 0 spiro atoms. The Kier molecular flexibility index (Phi) is 5.55. The highest BCUT2D eigenvalue weighted by molar-refractivity contribution is 7.89. The van der Waals surface area contributed by atoms with Crippen molar-refractivity contribution in [1.29, 1.82) is 0 Å². The molecule has 1 fully saturated rings. The highest BCUT2D eigenvalue weighted by Crippen LogP contribution is 2.10. The van der Waals surface area contributed by atoms with E-state index in [2.05, 4.69) is 5.32 Å². The van der Waals surface area contributed by atoms with E-state index in [1.165, 1.54) is 4.31 Å². The quantitative estimate of drug-likeness (QED) is 0.734. The predicted molar refractivity (Wildman–Crippen MR) is 70.8 cm³/mol. The average molecular weight is 277 g/mol. The molecule has 1 aliphatic heterocycles. The van der Waals surface area contributed by atoms with Crippen molar-refractivity contribution in [3.05, 3.63) is 0 Å². The third-order valence-electron chi connectivity index (χ3n) is 3.29. The zero-order valence-electron chi connectivity index (χ0n) is 11.3. The zero-order valence-corrected chi connectivity index (χ0v) is 12.2. The molecule has 1 amide bonds. The number of carbonyl (C=O) groups excluding carboxylic acids is 1. The molecule has 0 bridgehead atoms. The summed E-state index contributed by atoms with van der Waals surface area (Å²) in [6, 6.07) is 0.318. The van der Waals surface area contributed by atoms with Gasteiger partial charge in [-0.1, -0.05) is 0 Å². The van der Waals surface area contributed by atoms with Crippen LogP contribution in [0.3, 0.4) is 0 Å². The number of nitrogens with one attached hydrogen (secondary N) is 1. The molecule has 1 N–H and O–H groups in total. The normalized spacial score (nSPS) is 18.3. The van der Waals surface area contributed by atoms with E-state index in [1.807, 2.05) is 4.90 Å². The molecule has 0 saturated carbocycles. The number of amides is 1. The minimum atomic E-state index is -3.12. The van der Waals surface area contributed by atoms with Gasteiger partial charge in [-0.2, -0.15) is 0 Å². The second-order valence-electron chi connectivity index (χ2n) is 4.83. The van der Waals surface area contributed by atoms with Crippen LogP contribution in [-0.2, 0) is 14.8 Å². The van der Waals surface area contributed by atoms with Gasteiger partial charge in [-0.25, -0.2) is 12.7 Å². The topological polar surface area (TPSA) is 69.7 Å². The van der Waals surface area contributed by atoms with Gasteiger partial charge < -0.3 is 10.2 Å². The number of nitrogens with zero attached hydrogens (tertiary/aromatic N) is 2. The molecule has 7 heteroatoms. The number of piperidine rings is 1. The summed E-state index contributed by atoms with van der Waals surface area (Å²) in [5, 5.41) is 3.25. The highest BCUT2D eigenvalue weighted by Gasteiger charge is 2.21.